The fourth-order valence-corrected chi connectivity index (χ4v) is 6.80. The van der Waals surface area contributed by atoms with Gasteiger partial charge in [-0.05, 0) is 16.7 Å². The topological polar surface area (TPSA) is 114 Å². The van der Waals surface area contributed by atoms with E-state index in [-0.39, 0.29) is 33.0 Å². The summed E-state index contributed by atoms with van der Waals surface area (Å²) in [5, 5.41) is 24.5. The molecule has 10 nitrogen and oxygen atoms in total. The Kier molecular flexibility index (Phi) is 10.8. The van der Waals surface area contributed by atoms with Crippen LogP contribution in [0.4, 0.5) is 0 Å². The van der Waals surface area contributed by atoms with Crippen LogP contribution >= 0.6 is 0 Å². The molecule has 10 atom stereocenters. The minimum absolute atomic E-state index is 0.0367. The number of aliphatic hydroxyl groups excluding tert-OH is 1. The zero-order chi connectivity index (χ0) is 32.9. The van der Waals surface area contributed by atoms with Crippen LogP contribution in [0, 0.1) is 0 Å². The molecule has 3 aromatic rings. The van der Waals surface area contributed by atoms with Gasteiger partial charge in [0, 0.05) is 14.2 Å². The van der Waals surface area contributed by atoms with Gasteiger partial charge < -0.3 is 48.1 Å². The molecule has 3 aromatic carbocycles. The molecule has 0 unspecified atom stereocenters. The molecule has 252 valence electrons. The van der Waals surface area contributed by atoms with Crippen molar-refractivity contribution in [3.63, 3.8) is 0 Å². The number of hydrogen-bond acceptors (Lipinski definition) is 10. The van der Waals surface area contributed by atoms with Crippen LogP contribution in [0.25, 0.3) is 0 Å². The highest BCUT2D eigenvalue weighted by molar-refractivity contribution is 5.22. The first-order chi connectivity index (χ1) is 22.9. The van der Waals surface area contributed by atoms with Crippen molar-refractivity contribution >= 4 is 0 Å². The molecule has 2 bridgehead atoms. The van der Waals surface area contributed by atoms with E-state index in [2.05, 4.69) is 6.58 Å². The van der Waals surface area contributed by atoms with Crippen molar-refractivity contribution in [2.24, 2.45) is 0 Å². The van der Waals surface area contributed by atoms with Gasteiger partial charge in [-0.2, -0.15) is 0 Å². The van der Waals surface area contributed by atoms with Crippen LogP contribution in [-0.2, 0) is 57.7 Å². The summed E-state index contributed by atoms with van der Waals surface area (Å²) < 4.78 is 50.4. The van der Waals surface area contributed by atoms with Gasteiger partial charge in [0.05, 0.1) is 33.0 Å². The van der Waals surface area contributed by atoms with E-state index in [9.17, 15) is 10.2 Å². The van der Waals surface area contributed by atoms with Gasteiger partial charge >= 0.3 is 0 Å². The summed E-state index contributed by atoms with van der Waals surface area (Å²) in [6.07, 6.45) is -6.42. The van der Waals surface area contributed by atoms with Crippen LogP contribution in [0.15, 0.2) is 104 Å². The van der Waals surface area contributed by atoms with Gasteiger partial charge in [-0.3, -0.25) is 0 Å². The molecule has 0 saturated carbocycles. The zero-order valence-corrected chi connectivity index (χ0v) is 26.8. The van der Waals surface area contributed by atoms with Gasteiger partial charge in [-0.1, -0.05) is 97.1 Å². The molecule has 47 heavy (non-hydrogen) atoms. The normalized spacial score (nSPS) is 35.1. The summed E-state index contributed by atoms with van der Waals surface area (Å²) in [5.41, 5.74) is -0.540. The van der Waals surface area contributed by atoms with Gasteiger partial charge in [0.2, 0.25) is 0 Å². The fraction of sp³-hybridized carbons (Fsp3) is 0.459. The first-order valence-electron chi connectivity index (χ1n) is 15.9. The summed E-state index contributed by atoms with van der Waals surface area (Å²) in [5.74, 6) is 0. The average molecular weight is 649 g/mol. The highest BCUT2D eigenvalue weighted by Crippen LogP contribution is 2.48. The molecule has 0 radical (unpaired) electrons. The Bertz CT molecular complexity index is 1410. The maximum Gasteiger partial charge on any atom is 0.186 e. The van der Waals surface area contributed by atoms with Crippen LogP contribution in [-0.4, -0.2) is 97.9 Å². The SMILES string of the molecule is C=C[C@]12CO[C@H]([C@@H](OC)[C@@H]1O)[C@H]([C@]1(O)[C@H](OCc3ccccc3)[C@@H](OCc3ccccc3)[C@@H](OC)O[C@@H]1COCc1ccccc1)O2. The van der Waals surface area contributed by atoms with Gasteiger partial charge in [-0.25, -0.2) is 0 Å². The lowest BCUT2D eigenvalue weighted by atomic mass is 9.71. The van der Waals surface area contributed by atoms with E-state index in [0.29, 0.717) is 0 Å². The Morgan fingerprint density at radius 1 is 0.809 bits per heavy atom. The second-order valence-corrected chi connectivity index (χ2v) is 12.2. The van der Waals surface area contributed by atoms with E-state index in [1.54, 1.807) is 0 Å². The second kappa shape index (κ2) is 15.0. The van der Waals surface area contributed by atoms with Crippen LogP contribution < -0.4 is 0 Å². The molecule has 0 amide bonds. The molecule has 0 aromatic heterocycles. The number of rotatable bonds is 14. The Morgan fingerprint density at radius 3 is 1.94 bits per heavy atom. The molecule has 4 saturated heterocycles. The molecule has 0 spiro atoms. The first-order valence-corrected chi connectivity index (χ1v) is 15.9. The predicted octanol–water partition coefficient (Wildman–Crippen LogP) is 3.57. The molecule has 7 rings (SSSR count). The maximum absolute atomic E-state index is 13.3. The van der Waals surface area contributed by atoms with Crippen LogP contribution in [0.3, 0.4) is 0 Å². The van der Waals surface area contributed by atoms with E-state index < -0.39 is 60.2 Å². The third-order valence-corrected chi connectivity index (χ3v) is 9.36. The number of fused-ring (bicyclic) bond motifs is 3. The quantitative estimate of drug-likeness (QED) is 0.252. The van der Waals surface area contributed by atoms with Crippen molar-refractivity contribution in [1.29, 1.82) is 0 Å². The second-order valence-electron chi connectivity index (χ2n) is 12.2. The number of methoxy groups -OCH3 is 2. The number of benzene rings is 3. The van der Waals surface area contributed by atoms with Gasteiger partial charge in [0.15, 0.2) is 11.9 Å². The standard InChI is InChI=1S/C37H44O10/c1-4-36-24-45-30(29(40-2)32(36)38)34(47-36)37(39)28(23-42-20-25-14-8-5-9-15-25)46-35(41-3)31(43-21-26-16-10-6-11-17-26)33(37)44-22-27-18-12-7-13-19-27/h4-19,28-35,38-39H,1,20-24H2,2-3H3/t28-,29-,30-,31-,32+,33-,34-,35+,36+,37-/m1/s1. The average Bonchev–Trinajstić information content (AvgIpc) is 3.12. The first kappa shape index (κ1) is 33.9. The molecule has 4 fully saturated rings. The molecule has 4 aliphatic rings. The highest BCUT2D eigenvalue weighted by atomic mass is 16.7. The van der Waals surface area contributed by atoms with Gasteiger partial charge in [0.25, 0.3) is 0 Å². The predicted molar refractivity (Wildman–Crippen MR) is 171 cm³/mol. The van der Waals surface area contributed by atoms with Crippen LogP contribution in [0.1, 0.15) is 16.7 Å². The lowest BCUT2D eigenvalue weighted by Crippen LogP contribution is -2.82. The highest BCUT2D eigenvalue weighted by Gasteiger charge is 2.70. The maximum atomic E-state index is 13.3. The molecule has 2 N–H and O–H groups in total. The minimum Gasteiger partial charge on any atom is -0.387 e. The van der Waals surface area contributed by atoms with E-state index in [1.807, 2.05) is 91.0 Å². The molecule has 4 aliphatic heterocycles. The van der Waals surface area contributed by atoms with E-state index in [1.165, 1.54) is 20.3 Å². The summed E-state index contributed by atoms with van der Waals surface area (Å²) >= 11 is 0. The Labute approximate surface area is 275 Å². The summed E-state index contributed by atoms with van der Waals surface area (Å²) in [7, 11) is 3.01. The smallest absolute Gasteiger partial charge is 0.186 e. The van der Waals surface area contributed by atoms with Gasteiger partial charge in [-0.15, -0.1) is 6.58 Å². The minimum atomic E-state index is -1.96. The Morgan fingerprint density at radius 2 is 1.38 bits per heavy atom. The molecule has 10 heteroatoms. The lowest BCUT2D eigenvalue weighted by Gasteiger charge is -2.62. The zero-order valence-electron chi connectivity index (χ0n) is 26.8. The lowest BCUT2D eigenvalue weighted by molar-refractivity contribution is -0.410. The monoisotopic (exact) mass is 648 g/mol. The molecular formula is C37H44O10. The number of ether oxygens (including phenoxy) is 8. The van der Waals surface area contributed by atoms with Crippen molar-refractivity contribution in [2.45, 2.75) is 80.0 Å². The van der Waals surface area contributed by atoms with Crippen molar-refractivity contribution < 1.29 is 48.1 Å². The number of aliphatic hydroxyl groups is 2. The molecule has 0 aliphatic carbocycles. The third-order valence-electron chi connectivity index (χ3n) is 9.36. The van der Waals surface area contributed by atoms with Crippen LogP contribution in [0.5, 0.6) is 0 Å². The van der Waals surface area contributed by atoms with Crippen molar-refractivity contribution in [2.75, 3.05) is 27.4 Å². The van der Waals surface area contributed by atoms with E-state index >= 15 is 0 Å². The Hall–Kier alpha value is -3.00. The van der Waals surface area contributed by atoms with Crippen molar-refractivity contribution in [3.8, 4) is 0 Å². The van der Waals surface area contributed by atoms with Crippen LogP contribution in [0.2, 0.25) is 0 Å². The molecular weight excluding hydrogens is 604 g/mol. The third kappa shape index (κ3) is 6.81. The summed E-state index contributed by atoms with van der Waals surface area (Å²) in [4.78, 5) is 0. The molecule has 4 heterocycles. The van der Waals surface area contributed by atoms with E-state index in [0.717, 1.165) is 16.7 Å². The van der Waals surface area contributed by atoms with Crippen molar-refractivity contribution in [1.82, 2.24) is 0 Å². The fourth-order valence-electron chi connectivity index (χ4n) is 6.80. The van der Waals surface area contributed by atoms with Gasteiger partial charge in [0.1, 0.15) is 48.3 Å². The summed E-state index contributed by atoms with van der Waals surface area (Å²) in [6, 6.07) is 29.1. The van der Waals surface area contributed by atoms with Crippen molar-refractivity contribution in [3.05, 3.63) is 120 Å². The Balaban J connectivity index is 1.40. The summed E-state index contributed by atoms with van der Waals surface area (Å²) in [6.45, 7) is 4.56. The largest absolute Gasteiger partial charge is 0.387 e. The van der Waals surface area contributed by atoms with E-state index in [4.69, 9.17) is 37.9 Å². The number of hydrogen-bond donors (Lipinski definition) is 2.